The van der Waals surface area contributed by atoms with Crippen LogP contribution in [0.3, 0.4) is 0 Å². The van der Waals surface area contributed by atoms with Gasteiger partial charge in [0.1, 0.15) is 12.4 Å². The molecule has 0 spiro atoms. The van der Waals surface area contributed by atoms with Crippen LogP contribution in [0.25, 0.3) is 11.3 Å². The first-order valence-corrected chi connectivity index (χ1v) is 10.2. The van der Waals surface area contributed by atoms with E-state index in [0.29, 0.717) is 11.4 Å². The molecule has 1 aromatic heterocycles. The number of carbonyl (C=O) groups is 2. The molecule has 1 fully saturated rings. The van der Waals surface area contributed by atoms with Gasteiger partial charge < -0.3 is 9.64 Å². The predicted molar refractivity (Wildman–Crippen MR) is 114 cm³/mol. The zero-order chi connectivity index (χ0) is 20.6. The van der Waals surface area contributed by atoms with Crippen molar-refractivity contribution in [3.63, 3.8) is 0 Å². The number of ketones is 1. The molecule has 1 aliphatic heterocycles. The van der Waals surface area contributed by atoms with Gasteiger partial charge in [-0.15, -0.1) is 0 Å². The van der Waals surface area contributed by atoms with Crippen LogP contribution in [0.1, 0.15) is 19.8 Å². The lowest BCUT2D eigenvalue weighted by Gasteiger charge is -2.35. The van der Waals surface area contributed by atoms with Crippen LogP contribution >= 0.6 is 11.6 Å². The van der Waals surface area contributed by atoms with Crippen LogP contribution in [0.2, 0.25) is 5.02 Å². The van der Waals surface area contributed by atoms with E-state index in [0.717, 1.165) is 56.2 Å². The fourth-order valence-electron chi connectivity index (χ4n) is 3.31. The maximum Gasteiger partial charge on any atom is 0.306 e. The number of nitrogens with zero attached hydrogens (tertiary/aromatic N) is 3. The third-order valence-electron chi connectivity index (χ3n) is 4.84. The first-order valence-electron chi connectivity index (χ1n) is 9.86. The summed E-state index contributed by atoms with van der Waals surface area (Å²) in [7, 11) is 0. The normalized spacial score (nSPS) is 14.6. The Labute approximate surface area is 176 Å². The molecule has 0 unspecified atom stereocenters. The van der Waals surface area contributed by atoms with Crippen molar-refractivity contribution in [2.24, 2.45) is 0 Å². The Kier molecular flexibility index (Phi) is 7.61. The second-order valence-corrected chi connectivity index (χ2v) is 7.62. The number of carbonyl (C=O) groups excluding carboxylic acids is 2. The lowest BCUT2D eigenvalue weighted by Crippen LogP contribution is -2.47. The van der Waals surface area contributed by atoms with Gasteiger partial charge in [-0.3, -0.25) is 14.5 Å². The highest BCUT2D eigenvalue weighted by Gasteiger charge is 2.18. The Morgan fingerprint density at radius 3 is 2.59 bits per heavy atom. The molecular formula is C22H26ClN3O3. The SMILES string of the molecule is CC(=O)COC(=O)CCCN1CCN(c2cccc(-c3cccc(Cl)c3)n2)CC1. The van der Waals surface area contributed by atoms with E-state index in [4.69, 9.17) is 21.3 Å². The average Bonchev–Trinajstić information content (AvgIpc) is 2.73. The number of aromatic nitrogens is 1. The number of anilines is 1. The summed E-state index contributed by atoms with van der Waals surface area (Å²) < 4.78 is 4.89. The molecule has 154 valence electrons. The number of Topliss-reactive ketones (excluding diaryl/α,β-unsaturated/α-hetero) is 1. The quantitative estimate of drug-likeness (QED) is 0.615. The van der Waals surface area contributed by atoms with Crippen LogP contribution in [0.4, 0.5) is 5.82 Å². The maximum absolute atomic E-state index is 11.6. The highest BCUT2D eigenvalue weighted by Crippen LogP contribution is 2.24. The van der Waals surface area contributed by atoms with Crippen LogP contribution < -0.4 is 4.90 Å². The molecule has 0 amide bonds. The molecule has 1 aliphatic rings. The number of pyridine rings is 1. The van der Waals surface area contributed by atoms with Gasteiger partial charge in [-0.25, -0.2) is 4.98 Å². The second kappa shape index (κ2) is 10.4. The summed E-state index contributed by atoms with van der Waals surface area (Å²) in [4.78, 5) is 31.9. The minimum atomic E-state index is -0.305. The molecule has 1 saturated heterocycles. The summed E-state index contributed by atoms with van der Waals surface area (Å²) in [5.74, 6) is 0.526. The molecule has 0 radical (unpaired) electrons. The fourth-order valence-corrected chi connectivity index (χ4v) is 3.50. The summed E-state index contributed by atoms with van der Waals surface area (Å²) in [6, 6.07) is 13.8. The third kappa shape index (κ3) is 6.54. The fraction of sp³-hybridized carbons (Fsp3) is 0.409. The predicted octanol–water partition coefficient (Wildman–Crippen LogP) is 3.44. The Morgan fingerprint density at radius 1 is 1.10 bits per heavy atom. The molecule has 2 aromatic rings. The molecule has 0 bridgehead atoms. The number of halogens is 1. The zero-order valence-electron chi connectivity index (χ0n) is 16.6. The molecule has 0 atom stereocenters. The topological polar surface area (TPSA) is 62.7 Å². The van der Waals surface area contributed by atoms with Gasteiger partial charge >= 0.3 is 5.97 Å². The second-order valence-electron chi connectivity index (χ2n) is 7.19. The first kappa shape index (κ1) is 21.3. The van der Waals surface area contributed by atoms with E-state index in [2.05, 4.69) is 9.80 Å². The highest BCUT2D eigenvalue weighted by molar-refractivity contribution is 6.30. The van der Waals surface area contributed by atoms with Crippen molar-refractivity contribution in [1.82, 2.24) is 9.88 Å². The zero-order valence-corrected chi connectivity index (χ0v) is 17.4. The lowest BCUT2D eigenvalue weighted by atomic mass is 10.1. The maximum atomic E-state index is 11.6. The standard InChI is InChI=1S/C22H26ClN3O3/c1-17(27)16-29-22(28)9-4-10-25-11-13-26(14-12-25)21-8-3-7-20(24-21)18-5-2-6-19(23)15-18/h2-3,5-8,15H,4,9-14,16H2,1H3. The van der Waals surface area contributed by atoms with Crippen LogP contribution in [-0.4, -0.2) is 61.0 Å². The molecule has 7 heteroatoms. The Bertz CT molecular complexity index is 851. The van der Waals surface area contributed by atoms with Gasteiger partial charge in [0.05, 0.1) is 5.69 Å². The Morgan fingerprint density at radius 2 is 1.86 bits per heavy atom. The van der Waals surface area contributed by atoms with Gasteiger partial charge in [-0.1, -0.05) is 29.8 Å². The van der Waals surface area contributed by atoms with E-state index in [1.807, 2.05) is 42.5 Å². The third-order valence-corrected chi connectivity index (χ3v) is 5.08. The van der Waals surface area contributed by atoms with E-state index in [1.54, 1.807) is 0 Å². The average molecular weight is 416 g/mol. The van der Waals surface area contributed by atoms with Crippen molar-refractivity contribution in [2.45, 2.75) is 19.8 Å². The number of esters is 1. The number of hydrogen-bond donors (Lipinski definition) is 0. The van der Waals surface area contributed by atoms with Crippen LogP contribution in [0, 0.1) is 0 Å². The molecule has 2 heterocycles. The molecule has 6 nitrogen and oxygen atoms in total. The van der Waals surface area contributed by atoms with Gasteiger partial charge in [0.15, 0.2) is 5.78 Å². The summed E-state index contributed by atoms with van der Waals surface area (Å²) in [5, 5.41) is 0.702. The van der Waals surface area contributed by atoms with Gasteiger partial charge in [0.25, 0.3) is 0 Å². The summed E-state index contributed by atoms with van der Waals surface area (Å²) in [5.41, 5.74) is 1.92. The van der Waals surface area contributed by atoms with E-state index < -0.39 is 0 Å². The Hall–Kier alpha value is -2.44. The van der Waals surface area contributed by atoms with Crippen molar-refractivity contribution in [3.8, 4) is 11.3 Å². The summed E-state index contributed by atoms with van der Waals surface area (Å²) in [6.45, 7) is 5.75. The summed E-state index contributed by atoms with van der Waals surface area (Å²) >= 11 is 6.10. The first-order chi connectivity index (χ1) is 14.0. The van der Waals surface area contributed by atoms with Crippen LogP contribution in [0.15, 0.2) is 42.5 Å². The summed E-state index contributed by atoms with van der Waals surface area (Å²) in [6.07, 6.45) is 1.08. The monoisotopic (exact) mass is 415 g/mol. The van der Waals surface area contributed by atoms with Crippen LogP contribution in [-0.2, 0) is 14.3 Å². The minimum absolute atomic E-state index is 0.126. The number of benzene rings is 1. The molecule has 0 N–H and O–H groups in total. The molecule has 0 saturated carbocycles. The van der Waals surface area contributed by atoms with Crippen molar-refractivity contribution >= 4 is 29.2 Å². The molecule has 0 aliphatic carbocycles. The number of ether oxygens (including phenoxy) is 1. The number of piperazine rings is 1. The smallest absolute Gasteiger partial charge is 0.306 e. The van der Waals surface area contributed by atoms with Crippen molar-refractivity contribution in [3.05, 3.63) is 47.5 Å². The van der Waals surface area contributed by atoms with Crippen molar-refractivity contribution < 1.29 is 14.3 Å². The van der Waals surface area contributed by atoms with Crippen LogP contribution in [0.5, 0.6) is 0 Å². The van der Waals surface area contributed by atoms with E-state index in [9.17, 15) is 9.59 Å². The Balaban J connectivity index is 1.47. The highest BCUT2D eigenvalue weighted by atomic mass is 35.5. The van der Waals surface area contributed by atoms with Crippen molar-refractivity contribution in [2.75, 3.05) is 44.2 Å². The van der Waals surface area contributed by atoms with Gasteiger partial charge in [-0.2, -0.15) is 0 Å². The van der Waals surface area contributed by atoms with E-state index >= 15 is 0 Å². The van der Waals surface area contributed by atoms with E-state index in [-0.39, 0.29) is 18.4 Å². The largest absolute Gasteiger partial charge is 0.458 e. The molecule has 1 aromatic carbocycles. The van der Waals surface area contributed by atoms with E-state index in [1.165, 1.54) is 6.92 Å². The van der Waals surface area contributed by atoms with Crippen molar-refractivity contribution in [1.29, 1.82) is 0 Å². The van der Waals surface area contributed by atoms with Gasteiger partial charge in [-0.05, 0) is 44.2 Å². The van der Waals surface area contributed by atoms with Gasteiger partial charge in [0.2, 0.25) is 0 Å². The minimum Gasteiger partial charge on any atom is -0.458 e. The number of hydrogen-bond acceptors (Lipinski definition) is 6. The number of rotatable bonds is 8. The molecule has 29 heavy (non-hydrogen) atoms. The molecular weight excluding hydrogens is 390 g/mol. The lowest BCUT2D eigenvalue weighted by molar-refractivity contribution is -0.147. The van der Waals surface area contributed by atoms with Gasteiger partial charge in [0, 0.05) is 43.2 Å². The molecule has 3 rings (SSSR count).